The topological polar surface area (TPSA) is 92.5 Å². The number of H-pyrrole nitrogens is 1. The minimum atomic E-state index is -0.369. The summed E-state index contributed by atoms with van der Waals surface area (Å²) >= 11 is 0. The average molecular weight is 362 g/mol. The number of phenols is 1. The van der Waals surface area contributed by atoms with Crippen molar-refractivity contribution in [1.82, 2.24) is 19.6 Å². The van der Waals surface area contributed by atoms with Gasteiger partial charge in [-0.15, -0.1) is 5.10 Å². The Kier molecular flexibility index (Phi) is 4.12. The van der Waals surface area contributed by atoms with E-state index in [1.807, 2.05) is 44.2 Å². The summed E-state index contributed by atoms with van der Waals surface area (Å²) in [6.45, 7) is 3.84. The van der Waals surface area contributed by atoms with Crippen LogP contribution in [0.15, 0.2) is 59.5 Å². The number of fused-ring (bicyclic) bond motifs is 1. The van der Waals surface area contributed by atoms with Gasteiger partial charge in [0.15, 0.2) is 0 Å². The maximum atomic E-state index is 12.0. The van der Waals surface area contributed by atoms with Gasteiger partial charge in [0.05, 0.1) is 11.8 Å². The number of nitrogens with one attached hydrogen (secondary N) is 1. The third kappa shape index (κ3) is 3.15. The first kappa shape index (κ1) is 16.8. The van der Waals surface area contributed by atoms with Crippen LogP contribution in [0.3, 0.4) is 0 Å². The molecule has 0 amide bonds. The summed E-state index contributed by atoms with van der Waals surface area (Å²) in [6, 6.07) is 14.7. The van der Waals surface area contributed by atoms with Crippen LogP contribution < -0.4 is 10.4 Å². The van der Waals surface area contributed by atoms with Crippen molar-refractivity contribution in [2.24, 2.45) is 0 Å². The van der Waals surface area contributed by atoms with Crippen molar-refractivity contribution in [3.63, 3.8) is 0 Å². The molecule has 0 radical (unpaired) electrons. The van der Waals surface area contributed by atoms with Crippen LogP contribution in [0.5, 0.6) is 11.5 Å². The molecule has 2 aromatic heterocycles. The Balaban J connectivity index is 1.94. The Morgan fingerprint density at radius 3 is 2.59 bits per heavy atom. The Hall–Kier alpha value is -3.61. The fourth-order valence-corrected chi connectivity index (χ4v) is 2.93. The second-order valence-electron chi connectivity index (χ2n) is 6.41. The van der Waals surface area contributed by atoms with Crippen molar-refractivity contribution in [2.75, 3.05) is 0 Å². The fourth-order valence-electron chi connectivity index (χ4n) is 2.93. The van der Waals surface area contributed by atoms with E-state index in [0.29, 0.717) is 22.6 Å². The molecule has 0 bridgehead atoms. The van der Waals surface area contributed by atoms with E-state index in [2.05, 4.69) is 15.2 Å². The molecule has 0 saturated carbocycles. The maximum Gasteiger partial charge on any atom is 0.348 e. The molecule has 7 heteroatoms. The second-order valence-corrected chi connectivity index (χ2v) is 6.41. The van der Waals surface area contributed by atoms with Gasteiger partial charge in [-0.3, -0.25) is 0 Å². The number of phenolic OH excluding ortho intramolecular Hbond substituents is 1. The fraction of sp³-hybridized carbons (Fsp3) is 0.150. The van der Waals surface area contributed by atoms with Crippen molar-refractivity contribution in [3.05, 3.63) is 65.2 Å². The van der Waals surface area contributed by atoms with Gasteiger partial charge < -0.3 is 9.84 Å². The van der Waals surface area contributed by atoms with Crippen LogP contribution in [0, 0.1) is 0 Å². The minimum Gasteiger partial charge on any atom is -0.507 e. The Morgan fingerprint density at radius 2 is 1.89 bits per heavy atom. The number of nitrogens with zero attached hydrogens (tertiary/aromatic N) is 3. The lowest BCUT2D eigenvalue weighted by molar-refractivity contribution is 0.241. The van der Waals surface area contributed by atoms with Crippen LogP contribution in [0.4, 0.5) is 0 Å². The summed E-state index contributed by atoms with van der Waals surface area (Å²) in [5.74, 6) is 0.848. The number of hydrogen-bond acceptors (Lipinski definition) is 5. The molecule has 2 heterocycles. The molecule has 0 fully saturated rings. The quantitative estimate of drug-likeness (QED) is 0.581. The predicted molar refractivity (Wildman–Crippen MR) is 102 cm³/mol. The summed E-state index contributed by atoms with van der Waals surface area (Å²) in [5.41, 5.74) is 2.27. The Bertz CT molecular complexity index is 1160. The van der Waals surface area contributed by atoms with E-state index in [9.17, 15) is 9.90 Å². The summed E-state index contributed by atoms with van der Waals surface area (Å²) in [7, 11) is 0. The average Bonchev–Trinajstić information content (AvgIpc) is 3.01. The van der Waals surface area contributed by atoms with E-state index in [0.717, 1.165) is 5.56 Å². The molecule has 0 atom stereocenters. The zero-order valence-corrected chi connectivity index (χ0v) is 14.9. The molecular weight excluding hydrogens is 344 g/mol. The molecular formula is C20H18N4O3. The number of aromatic nitrogens is 4. The van der Waals surface area contributed by atoms with Crippen LogP contribution in [0.2, 0.25) is 0 Å². The molecule has 0 aliphatic carbocycles. The van der Waals surface area contributed by atoms with Crippen LogP contribution >= 0.6 is 0 Å². The highest BCUT2D eigenvalue weighted by Crippen LogP contribution is 2.37. The van der Waals surface area contributed by atoms with Gasteiger partial charge in [-0.05, 0) is 31.5 Å². The number of ether oxygens (including phenoxy) is 1. The number of rotatable bonds is 4. The molecule has 4 rings (SSSR count). The molecule has 0 spiro atoms. The monoisotopic (exact) mass is 362 g/mol. The SMILES string of the molecule is CC(C)Oc1ccc(-c2nc3n[nH]c(=O)n3cc2-c2ccccc2)c(O)c1. The first-order chi connectivity index (χ1) is 13.0. The molecule has 27 heavy (non-hydrogen) atoms. The zero-order chi connectivity index (χ0) is 19.0. The lowest BCUT2D eigenvalue weighted by Crippen LogP contribution is -2.10. The van der Waals surface area contributed by atoms with E-state index >= 15 is 0 Å². The Morgan fingerprint density at radius 1 is 1.11 bits per heavy atom. The molecule has 4 aromatic rings. The van der Waals surface area contributed by atoms with Gasteiger partial charge in [-0.1, -0.05) is 30.3 Å². The van der Waals surface area contributed by atoms with Crippen LogP contribution in [-0.2, 0) is 0 Å². The maximum absolute atomic E-state index is 12.0. The van der Waals surface area contributed by atoms with Crippen molar-refractivity contribution < 1.29 is 9.84 Å². The van der Waals surface area contributed by atoms with Crippen LogP contribution in [0.25, 0.3) is 28.2 Å². The number of benzene rings is 2. The standard InChI is InChI=1S/C20H18N4O3/c1-12(2)27-14-8-9-15(17(25)10-14)18-16(13-6-4-3-5-7-13)11-24-19(21-18)22-23-20(24)26/h3-12,25H,1-2H3,(H,23,26). The third-order valence-electron chi connectivity index (χ3n) is 4.09. The van der Waals surface area contributed by atoms with Gasteiger partial charge in [0.2, 0.25) is 0 Å². The minimum absolute atomic E-state index is 0.000496. The molecule has 0 aliphatic heterocycles. The van der Waals surface area contributed by atoms with Gasteiger partial charge in [0.25, 0.3) is 5.78 Å². The highest BCUT2D eigenvalue weighted by atomic mass is 16.5. The Labute approximate surface area is 154 Å². The largest absolute Gasteiger partial charge is 0.507 e. The zero-order valence-electron chi connectivity index (χ0n) is 14.9. The van der Waals surface area contributed by atoms with Crippen molar-refractivity contribution in [1.29, 1.82) is 0 Å². The van der Waals surface area contributed by atoms with Crippen molar-refractivity contribution in [3.8, 4) is 33.9 Å². The van der Waals surface area contributed by atoms with Crippen LogP contribution in [-0.4, -0.2) is 30.8 Å². The van der Waals surface area contributed by atoms with Crippen molar-refractivity contribution >= 4 is 5.78 Å². The van der Waals surface area contributed by atoms with E-state index < -0.39 is 0 Å². The molecule has 0 saturated heterocycles. The van der Waals surface area contributed by atoms with Gasteiger partial charge >= 0.3 is 5.69 Å². The van der Waals surface area contributed by atoms with Gasteiger partial charge in [0.1, 0.15) is 11.5 Å². The first-order valence-corrected chi connectivity index (χ1v) is 8.56. The molecule has 0 aliphatic rings. The number of aromatic amines is 1. The van der Waals surface area contributed by atoms with E-state index in [1.165, 1.54) is 4.40 Å². The second kappa shape index (κ2) is 6.60. The smallest absolute Gasteiger partial charge is 0.348 e. The van der Waals surface area contributed by atoms with Crippen LogP contribution in [0.1, 0.15) is 13.8 Å². The van der Waals surface area contributed by atoms with Gasteiger partial charge in [-0.25, -0.2) is 19.3 Å². The highest BCUT2D eigenvalue weighted by Gasteiger charge is 2.17. The number of hydrogen-bond donors (Lipinski definition) is 2. The van der Waals surface area contributed by atoms with E-state index in [-0.39, 0.29) is 23.3 Å². The van der Waals surface area contributed by atoms with Gasteiger partial charge in [0, 0.05) is 23.4 Å². The summed E-state index contributed by atoms with van der Waals surface area (Å²) < 4.78 is 6.98. The third-order valence-corrected chi connectivity index (χ3v) is 4.09. The summed E-state index contributed by atoms with van der Waals surface area (Å²) in [6.07, 6.45) is 1.68. The molecule has 136 valence electrons. The highest BCUT2D eigenvalue weighted by molar-refractivity contribution is 5.84. The lowest BCUT2D eigenvalue weighted by Gasteiger charge is -2.14. The summed E-state index contributed by atoms with van der Waals surface area (Å²) in [5, 5.41) is 16.9. The lowest BCUT2D eigenvalue weighted by atomic mass is 10.00. The summed E-state index contributed by atoms with van der Waals surface area (Å²) in [4.78, 5) is 16.5. The van der Waals surface area contributed by atoms with Gasteiger partial charge in [-0.2, -0.15) is 0 Å². The van der Waals surface area contributed by atoms with E-state index in [4.69, 9.17) is 4.74 Å². The number of aromatic hydroxyl groups is 1. The van der Waals surface area contributed by atoms with E-state index in [1.54, 1.807) is 24.4 Å². The molecule has 7 nitrogen and oxygen atoms in total. The van der Waals surface area contributed by atoms with Crippen molar-refractivity contribution in [2.45, 2.75) is 20.0 Å². The normalized spacial score (nSPS) is 11.2. The predicted octanol–water partition coefficient (Wildman–Crippen LogP) is 3.24. The first-order valence-electron chi connectivity index (χ1n) is 8.56. The molecule has 2 N–H and O–H groups in total. The molecule has 2 aromatic carbocycles. The molecule has 0 unspecified atom stereocenters.